The predicted octanol–water partition coefficient (Wildman–Crippen LogP) is 3.25. The van der Waals surface area contributed by atoms with Gasteiger partial charge in [-0.25, -0.2) is 4.68 Å². The molecule has 0 saturated heterocycles. The molecule has 3 rings (SSSR count). The SMILES string of the molecule is Cc1nn(CC(=O)Nc2cc(C(F)(F)F)ccc2-n2cccn2)c(C)c1[N+](=O)[O-]. The second-order valence-corrected chi connectivity index (χ2v) is 6.16. The minimum atomic E-state index is -4.60. The lowest BCUT2D eigenvalue weighted by Crippen LogP contribution is -2.22. The Morgan fingerprint density at radius 1 is 1.31 bits per heavy atom. The molecule has 152 valence electrons. The van der Waals surface area contributed by atoms with Crippen molar-refractivity contribution in [2.24, 2.45) is 0 Å². The molecule has 0 radical (unpaired) electrons. The molecule has 1 N–H and O–H groups in total. The van der Waals surface area contributed by atoms with Gasteiger partial charge in [0.05, 0.1) is 21.9 Å². The number of anilines is 1. The quantitative estimate of drug-likeness (QED) is 0.515. The Bertz CT molecular complexity index is 1070. The number of hydrogen-bond donors (Lipinski definition) is 1. The van der Waals surface area contributed by atoms with Crippen LogP contribution in [0.15, 0.2) is 36.7 Å². The van der Waals surface area contributed by atoms with Crippen LogP contribution in [0, 0.1) is 24.0 Å². The third kappa shape index (κ3) is 4.10. The van der Waals surface area contributed by atoms with E-state index in [0.29, 0.717) is 0 Å². The van der Waals surface area contributed by atoms with Crippen molar-refractivity contribution in [1.82, 2.24) is 19.6 Å². The van der Waals surface area contributed by atoms with Crippen molar-refractivity contribution in [3.63, 3.8) is 0 Å². The molecule has 0 fully saturated rings. The number of nitro groups is 1. The van der Waals surface area contributed by atoms with Gasteiger partial charge in [0.25, 0.3) is 0 Å². The molecule has 29 heavy (non-hydrogen) atoms. The molecule has 1 aromatic carbocycles. The van der Waals surface area contributed by atoms with E-state index in [0.717, 1.165) is 16.8 Å². The van der Waals surface area contributed by atoms with Crippen LogP contribution >= 0.6 is 0 Å². The van der Waals surface area contributed by atoms with Crippen LogP contribution in [0.4, 0.5) is 24.5 Å². The van der Waals surface area contributed by atoms with Crippen molar-refractivity contribution < 1.29 is 22.9 Å². The maximum atomic E-state index is 13.1. The lowest BCUT2D eigenvalue weighted by molar-refractivity contribution is -0.386. The molecule has 12 heteroatoms. The Morgan fingerprint density at radius 3 is 2.59 bits per heavy atom. The van der Waals surface area contributed by atoms with Gasteiger partial charge in [0.2, 0.25) is 5.91 Å². The fraction of sp³-hybridized carbons (Fsp3) is 0.235. The zero-order valence-corrected chi connectivity index (χ0v) is 15.3. The molecule has 0 aliphatic carbocycles. The van der Waals surface area contributed by atoms with E-state index in [9.17, 15) is 28.1 Å². The number of halogens is 3. The highest BCUT2D eigenvalue weighted by atomic mass is 19.4. The summed E-state index contributed by atoms with van der Waals surface area (Å²) in [6.45, 7) is 2.46. The van der Waals surface area contributed by atoms with E-state index >= 15 is 0 Å². The van der Waals surface area contributed by atoms with Gasteiger partial charge in [-0.05, 0) is 38.1 Å². The van der Waals surface area contributed by atoms with Crippen LogP contribution in [-0.4, -0.2) is 30.4 Å². The Hall–Kier alpha value is -3.70. The van der Waals surface area contributed by atoms with Crippen LogP contribution in [0.3, 0.4) is 0 Å². The lowest BCUT2D eigenvalue weighted by atomic mass is 10.1. The Morgan fingerprint density at radius 2 is 2.03 bits per heavy atom. The van der Waals surface area contributed by atoms with Crippen LogP contribution in [0.25, 0.3) is 5.69 Å². The molecular formula is C17H15F3N6O3. The largest absolute Gasteiger partial charge is 0.416 e. The molecule has 0 spiro atoms. The first-order chi connectivity index (χ1) is 13.6. The van der Waals surface area contributed by atoms with Crippen LogP contribution in [-0.2, 0) is 17.5 Å². The summed E-state index contributed by atoms with van der Waals surface area (Å²) in [5.41, 5.74) is -0.726. The minimum Gasteiger partial charge on any atom is -0.323 e. The van der Waals surface area contributed by atoms with Gasteiger partial charge >= 0.3 is 11.9 Å². The average Bonchev–Trinajstić information content (AvgIpc) is 3.22. The van der Waals surface area contributed by atoms with Crippen molar-refractivity contribution in [1.29, 1.82) is 0 Å². The number of alkyl halides is 3. The molecule has 0 unspecified atom stereocenters. The van der Waals surface area contributed by atoms with Gasteiger partial charge in [0.1, 0.15) is 17.9 Å². The third-order valence-electron chi connectivity index (χ3n) is 4.17. The molecule has 3 aromatic rings. The summed E-state index contributed by atoms with van der Waals surface area (Å²) < 4.78 is 41.7. The van der Waals surface area contributed by atoms with Crippen LogP contribution < -0.4 is 5.32 Å². The molecule has 2 heterocycles. The normalized spacial score (nSPS) is 11.5. The maximum absolute atomic E-state index is 13.1. The van der Waals surface area contributed by atoms with E-state index in [1.165, 1.54) is 37.0 Å². The fourth-order valence-electron chi connectivity index (χ4n) is 2.85. The molecular weight excluding hydrogens is 393 g/mol. The molecule has 0 saturated carbocycles. The van der Waals surface area contributed by atoms with Crippen LogP contribution in [0.2, 0.25) is 0 Å². The average molecular weight is 408 g/mol. The van der Waals surface area contributed by atoms with Crippen molar-refractivity contribution >= 4 is 17.3 Å². The highest BCUT2D eigenvalue weighted by molar-refractivity contribution is 5.93. The first-order valence-corrected chi connectivity index (χ1v) is 8.27. The van der Waals surface area contributed by atoms with Gasteiger partial charge in [-0.1, -0.05) is 0 Å². The number of aryl methyl sites for hydroxylation is 1. The number of carbonyl (C=O) groups excluding carboxylic acids is 1. The maximum Gasteiger partial charge on any atom is 0.416 e. The molecule has 9 nitrogen and oxygen atoms in total. The number of carbonyl (C=O) groups is 1. The topological polar surface area (TPSA) is 108 Å². The second kappa shape index (κ2) is 7.37. The third-order valence-corrected chi connectivity index (χ3v) is 4.17. The number of benzene rings is 1. The van der Waals surface area contributed by atoms with Gasteiger partial charge in [0.15, 0.2) is 0 Å². The number of nitrogens with zero attached hydrogens (tertiary/aromatic N) is 5. The number of rotatable bonds is 5. The summed E-state index contributed by atoms with van der Waals surface area (Å²) in [5, 5.41) is 21.4. The molecule has 2 aromatic heterocycles. The Labute approximate surface area is 161 Å². The van der Waals surface area contributed by atoms with Crippen molar-refractivity contribution in [2.45, 2.75) is 26.6 Å². The van der Waals surface area contributed by atoms with Gasteiger partial charge in [-0.15, -0.1) is 0 Å². The summed E-state index contributed by atoms with van der Waals surface area (Å²) in [5.74, 6) is -0.696. The van der Waals surface area contributed by atoms with Gasteiger partial charge < -0.3 is 5.32 Å². The monoisotopic (exact) mass is 408 g/mol. The standard InChI is InChI=1S/C17H15F3N6O3/c1-10-16(26(28)29)11(2)25(23-10)9-15(27)22-13-8-12(17(18,19)20)4-5-14(13)24-7-3-6-21-24/h3-8H,9H2,1-2H3,(H,22,27). The molecule has 0 aliphatic heterocycles. The number of amides is 1. The second-order valence-electron chi connectivity index (χ2n) is 6.16. The van der Waals surface area contributed by atoms with E-state index in [-0.39, 0.29) is 28.5 Å². The highest BCUT2D eigenvalue weighted by Gasteiger charge is 2.31. The van der Waals surface area contributed by atoms with E-state index in [4.69, 9.17) is 0 Å². The molecule has 0 atom stereocenters. The fourth-order valence-corrected chi connectivity index (χ4v) is 2.85. The number of nitrogens with one attached hydrogen (secondary N) is 1. The Kier molecular flexibility index (Phi) is 5.10. The zero-order valence-electron chi connectivity index (χ0n) is 15.3. The van der Waals surface area contributed by atoms with E-state index in [2.05, 4.69) is 15.5 Å². The Balaban J connectivity index is 1.91. The van der Waals surface area contributed by atoms with E-state index in [1.807, 2.05) is 0 Å². The summed E-state index contributed by atoms with van der Waals surface area (Å²) in [7, 11) is 0. The van der Waals surface area contributed by atoms with Crippen molar-refractivity contribution in [3.05, 3.63) is 63.7 Å². The summed E-state index contributed by atoms with van der Waals surface area (Å²) in [6, 6.07) is 4.47. The van der Waals surface area contributed by atoms with Crippen molar-refractivity contribution in [3.8, 4) is 5.69 Å². The first-order valence-electron chi connectivity index (χ1n) is 8.27. The van der Waals surface area contributed by atoms with E-state index in [1.54, 1.807) is 6.07 Å². The van der Waals surface area contributed by atoms with Gasteiger partial charge in [-0.3, -0.25) is 19.6 Å². The van der Waals surface area contributed by atoms with Gasteiger partial charge in [0, 0.05) is 12.4 Å². The highest BCUT2D eigenvalue weighted by Crippen LogP contribution is 2.33. The number of hydrogen-bond acceptors (Lipinski definition) is 5. The van der Waals surface area contributed by atoms with Crippen LogP contribution in [0.5, 0.6) is 0 Å². The van der Waals surface area contributed by atoms with Crippen molar-refractivity contribution in [2.75, 3.05) is 5.32 Å². The zero-order chi connectivity index (χ0) is 21.3. The predicted molar refractivity (Wildman–Crippen MR) is 95.6 cm³/mol. The summed E-state index contributed by atoms with van der Waals surface area (Å²) >= 11 is 0. The van der Waals surface area contributed by atoms with Crippen LogP contribution in [0.1, 0.15) is 17.0 Å². The summed E-state index contributed by atoms with van der Waals surface area (Å²) in [4.78, 5) is 22.9. The minimum absolute atomic E-state index is 0.107. The first kappa shape index (κ1) is 20.0. The van der Waals surface area contributed by atoms with Gasteiger partial charge in [-0.2, -0.15) is 23.4 Å². The smallest absolute Gasteiger partial charge is 0.323 e. The molecule has 0 aliphatic rings. The van der Waals surface area contributed by atoms with E-state index < -0.39 is 29.1 Å². The summed E-state index contributed by atoms with van der Waals surface area (Å²) in [6.07, 6.45) is -1.64. The lowest BCUT2D eigenvalue weighted by Gasteiger charge is -2.15. The molecule has 1 amide bonds. The molecule has 0 bridgehead atoms. The number of aromatic nitrogens is 4.